The second kappa shape index (κ2) is 12.9. The summed E-state index contributed by atoms with van der Waals surface area (Å²) in [6.07, 6.45) is 5.49. The molecule has 10 nitrogen and oxygen atoms in total. The maximum absolute atomic E-state index is 12.3. The molecule has 0 bridgehead atoms. The van der Waals surface area contributed by atoms with E-state index in [0.717, 1.165) is 31.6 Å². The SMILES string of the molecule is CNc1cc(C(=O)NCCCNCCCNC(=O)c2cc(NC(=O)CP)cn2C)n(C)c1. The molecule has 0 fully saturated rings. The second-order valence-electron chi connectivity index (χ2n) is 7.42. The standard InChI is InChI=1S/C21H34N7O3P/c1-22-15-10-17(27(2)12-15)20(30)24-8-4-6-23-7-5-9-25-21(31)18-11-16(13-28(18)3)26-19(29)14-32/h10-13,22-23H,4-9,14,32H2,1-3H3,(H,24,30)(H,25,31)(H,26,29). The van der Waals surface area contributed by atoms with Crippen LogP contribution in [0.5, 0.6) is 0 Å². The normalized spacial score (nSPS) is 10.6. The quantitative estimate of drug-likeness (QED) is 0.222. The van der Waals surface area contributed by atoms with E-state index in [9.17, 15) is 14.4 Å². The van der Waals surface area contributed by atoms with Gasteiger partial charge in [-0.25, -0.2) is 0 Å². The Bertz CT molecular complexity index is 923. The summed E-state index contributed by atoms with van der Waals surface area (Å²) in [5.74, 6) is -0.390. The highest BCUT2D eigenvalue weighted by molar-refractivity contribution is 7.18. The lowest BCUT2D eigenvalue weighted by Gasteiger charge is -2.08. The summed E-state index contributed by atoms with van der Waals surface area (Å²) in [5.41, 5.74) is 2.62. The van der Waals surface area contributed by atoms with Crippen LogP contribution in [0.4, 0.5) is 11.4 Å². The van der Waals surface area contributed by atoms with E-state index in [2.05, 4.69) is 35.8 Å². The van der Waals surface area contributed by atoms with Gasteiger partial charge in [0.1, 0.15) is 11.4 Å². The number of carbonyl (C=O) groups excluding carboxylic acids is 3. The molecule has 176 valence electrons. The molecule has 2 aromatic heterocycles. The predicted octanol–water partition coefficient (Wildman–Crippen LogP) is 0.749. The Morgan fingerprint density at radius 3 is 1.81 bits per heavy atom. The summed E-state index contributed by atoms with van der Waals surface area (Å²) >= 11 is 0. The Hall–Kier alpha value is -2.84. The number of rotatable bonds is 13. The van der Waals surface area contributed by atoms with Crippen LogP contribution in [0.1, 0.15) is 33.8 Å². The maximum Gasteiger partial charge on any atom is 0.267 e. The monoisotopic (exact) mass is 463 g/mol. The third kappa shape index (κ3) is 7.69. The first kappa shape index (κ1) is 25.4. The summed E-state index contributed by atoms with van der Waals surface area (Å²) in [7, 11) is 7.79. The Morgan fingerprint density at radius 1 is 0.844 bits per heavy atom. The number of hydrogen-bond donors (Lipinski definition) is 5. The second-order valence-corrected chi connectivity index (χ2v) is 7.83. The van der Waals surface area contributed by atoms with Crippen molar-refractivity contribution in [3.63, 3.8) is 0 Å². The van der Waals surface area contributed by atoms with Gasteiger partial charge < -0.3 is 35.7 Å². The molecule has 32 heavy (non-hydrogen) atoms. The van der Waals surface area contributed by atoms with E-state index >= 15 is 0 Å². The molecule has 0 aliphatic heterocycles. The molecule has 2 heterocycles. The molecule has 11 heteroatoms. The number of amides is 3. The lowest BCUT2D eigenvalue weighted by Crippen LogP contribution is -2.30. The number of nitrogens with one attached hydrogen (secondary N) is 5. The lowest BCUT2D eigenvalue weighted by molar-refractivity contribution is -0.113. The van der Waals surface area contributed by atoms with Crippen LogP contribution >= 0.6 is 9.24 Å². The first-order chi connectivity index (χ1) is 15.3. The summed E-state index contributed by atoms with van der Waals surface area (Å²) in [4.78, 5) is 36.0. The maximum atomic E-state index is 12.3. The van der Waals surface area contributed by atoms with E-state index in [0.29, 0.717) is 36.3 Å². The van der Waals surface area contributed by atoms with Crippen LogP contribution in [0.3, 0.4) is 0 Å². The molecule has 0 saturated heterocycles. The zero-order chi connectivity index (χ0) is 23.5. The average Bonchev–Trinajstić information content (AvgIpc) is 3.33. The van der Waals surface area contributed by atoms with Crippen LogP contribution < -0.4 is 26.6 Å². The van der Waals surface area contributed by atoms with Gasteiger partial charge in [-0.15, -0.1) is 9.24 Å². The highest BCUT2D eigenvalue weighted by atomic mass is 31.0. The first-order valence-corrected chi connectivity index (χ1v) is 11.4. The van der Waals surface area contributed by atoms with Crippen molar-refractivity contribution in [1.82, 2.24) is 25.1 Å². The lowest BCUT2D eigenvalue weighted by atomic mass is 10.3. The Morgan fingerprint density at radius 2 is 1.34 bits per heavy atom. The average molecular weight is 464 g/mol. The smallest absolute Gasteiger partial charge is 0.267 e. The molecule has 2 aromatic rings. The molecule has 5 N–H and O–H groups in total. The molecule has 2 rings (SSSR count). The van der Waals surface area contributed by atoms with Gasteiger partial charge in [0.15, 0.2) is 0 Å². The van der Waals surface area contributed by atoms with Crippen LogP contribution in [0.15, 0.2) is 24.5 Å². The largest absolute Gasteiger partial charge is 0.387 e. The molecule has 1 atom stereocenters. The van der Waals surface area contributed by atoms with Crippen molar-refractivity contribution in [1.29, 1.82) is 0 Å². The van der Waals surface area contributed by atoms with Crippen molar-refractivity contribution in [3.8, 4) is 0 Å². The Kier molecular flexibility index (Phi) is 10.2. The predicted molar refractivity (Wildman–Crippen MR) is 130 cm³/mol. The van der Waals surface area contributed by atoms with Crippen LogP contribution in [0, 0.1) is 0 Å². The molecular weight excluding hydrogens is 429 g/mol. The number of hydrogen-bond acceptors (Lipinski definition) is 5. The molecule has 0 aliphatic carbocycles. The zero-order valence-corrected chi connectivity index (χ0v) is 20.1. The number of aryl methyl sites for hydroxylation is 2. The van der Waals surface area contributed by atoms with Crippen LogP contribution in [-0.2, 0) is 18.9 Å². The summed E-state index contributed by atoms with van der Waals surface area (Å²) in [6, 6.07) is 3.48. The Balaban J connectivity index is 1.56. The van der Waals surface area contributed by atoms with Gasteiger partial charge in [0, 0.05) is 52.8 Å². The minimum atomic E-state index is -0.177. The van der Waals surface area contributed by atoms with Crippen molar-refractivity contribution in [2.75, 3.05) is 50.0 Å². The van der Waals surface area contributed by atoms with Gasteiger partial charge in [-0.2, -0.15) is 0 Å². The van der Waals surface area contributed by atoms with Crippen molar-refractivity contribution < 1.29 is 14.4 Å². The third-order valence-electron chi connectivity index (χ3n) is 4.86. The highest BCUT2D eigenvalue weighted by Gasteiger charge is 2.13. The topological polar surface area (TPSA) is 121 Å². The van der Waals surface area contributed by atoms with E-state index < -0.39 is 0 Å². The van der Waals surface area contributed by atoms with Crippen molar-refractivity contribution >= 4 is 38.3 Å². The summed E-state index contributed by atoms with van der Waals surface area (Å²) in [6.45, 7) is 2.67. The molecule has 0 aliphatic rings. The molecule has 3 amide bonds. The molecule has 0 spiro atoms. The highest BCUT2D eigenvalue weighted by Crippen LogP contribution is 2.13. The molecule has 0 radical (unpaired) electrons. The fourth-order valence-electron chi connectivity index (χ4n) is 3.13. The summed E-state index contributed by atoms with van der Waals surface area (Å²) < 4.78 is 3.49. The van der Waals surface area contributed by atoms with Gasteiger partial charge in [-0.3, -0.25) is 14.4 Å². The number of anilines is 2. The number of carbonyl (C=O) groups is 3. The van der Waals surface area contributed by atoms with E-state index in [1.54, 1.807) is 28.4 Å². The van der Waals surface area contributed by atoms with Crippen molar-refractivity contribution in [3.05, 3.63) is 35.9 Å². The Labute approximate surface area is 191 Å². The van der Waals surface area contributed by atoms with Crippen LogP contribution in [0.2, 0.25) is 0 Å². The van der Waals surface area contributed by atoms with Gasteiger partial charge in [0.05, 0.1) is 11.4 Å². The van der Waals surface area contributed by atoms with E-state index in [1.165, 1.54) is 0 Å². The van der Waals surface area contributed by atoms with Gasteiger partial charge in [-0.05, 0) is 38.1 Å². The van der Waals surface area contributed by atoms with E-state index in [4.69, 9.17) is 0 Å². The number of aromatic nitrogens is 2. The van der Waals surface area contributed by atoms with E-state index in [-0.39, 0.29) is 17.7 Å². The minimum Gasteiger partial charge on any atom is -0.387 e. The van der Waals surface area contributed by atoms with Crippen molar-refractivity contribution in [2.24, 2.45) is 14.1 Å². The van der Waals surface area contributed by atoms with Crippen molar-refractivity contribution in [2.45, 2.75) is 12.8 Å². The van der Waals surface area contributed by atoms with Gasteiger partial charge in [-0.1, -0.05) is 0 Å². The minimum absolute atomic E-state index is 0.0892. The van der Waals surface area contributed by atoms with Gasteiger partial charge >= 0.3 is 0 Å². The van der Waals surface area contributed by atoms with E-state index in [1.807, 2.05) is 26.4 Å². The molecule has 1 unspecified atom stereocenters. The third-order valence-corrected chi connectivity index (χ3v) is 5.24. The van der Waals surface area contributed by atoms with Crippen LogP contribution in [0.25, 0.3) is 0 Å². The fourth-order valence-corrected chi connectivity index (χ4v) is 3.24. The van der Waals surface area contributed by atoms with Crippen LogP contribution in [-0.4, -0.2) is 66.2 Å². The van der Waals surface area contributed by atoms with Gasteiger partial charge in [0.25, 0.3) is 11.8 Å². The summed E-state index contributed by atoms with van der Waals surface area (Å²) in [5, 5.41) is 14.9. The fraction of sp³-hybridized carbons (Fsp3) is 0.476. The van der Waals surface area contributed by atoms with Gasteiger partial charge in [0.2, 0.25) is 5.91 Å². The molecule has 0 saturated carbocycles. The molecular formula is C21H34N7O3P. The first-order valence-electron chi connectivity index (χ1n) is 10.6. The zero-order valence-electron chi connectivity index (χ0n) is 19.0. The number of nitrogens with zero attached hydrogens (tertiary/aromatic N) is 2. The molecule has 0 aromatic carbocycles.